The van der Waals surface area contributed by atoms with Crippen LogP contribution in [0.2, 0.25) is 36.3 Å². The minimum atomic E-state index is -1.96. The Morgan fingerprint density at radius 3 is 2.08 bits per heavy atom. The largest absolute Gasteiger partial charge is 0.417 e. The molecule has 228 valence electrons. The lowest BCUT2D eigenvalue weighted by molar-refractivity contribution is -0.182. The van der Waals surface area contributed by atoms with Crippen molar-refractivity contribution in [3.8, 4) is 11.8 Å². The van der Waals surface area contributed by atoms with Crippen molar-refractivity contribution < 1.29 is 23.4 Å². The molecule has 0 amide bonds. The second-order valence-electron chi connectivity index (χ2n) is 15.6. The van der Waals surface area contributed by atoms with E-state index in [-0.39, 0.29) is 28.2 Å². The summed E-state index contributed by atoms with van der Waals surface area (Å²) in [6.07, 6.45) is 7.39. The number of hydrogen-bond acceptors (Lipinski definition) is 5. The molecule has 2 rings (SSSR count). The summed E-state index contributed by atoms with van der Waals surface area (Å²) in [7, 11) is -3.70. The second kappa shape index (κ2) is 13.8. The molecule has 0 radical (unpaired) electrons. The van der Waals surface area contributed by atoms with Crippen LogP contribution in [0.4, 0.5) is 0 Å². The average Bonchev–Trinajstić information content (AvgIpc) is 3.17. The first-order valence-electron chi connectivity index (χ1n) is 15.6. The third-order valence-corrected chi connectivity index (χ3v) is 18.9. The highest BCUT2D eigenvalue weighted by molar-refractivity contribution is 6.74. The number of aliphatic hydroxyl groups is 1. The van der Waals surface area contributed by atoms with Crippen LogP contribution in [0.3, 0.4) is 0 Å². The molecule has 0 unspecified atom stereocenters. The first kappa shape index (κ1) is 35.0. The summed E-state index contributed by atoms with van der Waals surface area (Å²) in [6.45, 7) is 28.8. The Bertz CT molecular complexity index is 811. The van der Waals surface area contributed by atoms with Gasteiger partial charge in [0.15, 0.2) is 22.4 Å². The van der Waals surface area contributed by atoms with Crippen molar-refractivity contribution in [2.75, 3.05) is 13.2 Å². The van der Waals surface area contributed by atoms with Gasteiger partial charge in [-0.15, -0.1) is 0 Å². The van der Waals surface area contributed by atoms with Crippen molar-refractivity contribution in [3.63, 3.8) is 0 Å². The molecule has 2 fully saturated rings. The van der Waals surface area contributed by atoms with Gasteiger partial charge in [-0.05, 0) is 80.2 Å². The van der Waals surface area contributed by atoms with Crippen LogP contribution in [0.5, 0.6) is 0 Å². The summed E-state index contributed by atoms with van der Waals surface area (Å²) in [6, 6.07) is 0. The molecule has 0 aromatic heterocycles. The van der Waals surface area contributed by atoms with Crippen molar-refractivity contribution in [2.45, 2.75) is 167 Å². The second-order valence-corrected chi connectivity index (χ2v) is 25.1. The Morgan fingerprint density at radius 1 is 0.923 bits per heavy atom. The van der Waals surface area contributed by atoms with Crippen LogP contribution in [-0.2, 0) is 18.3 Å². The van der Waals surface area contributed by atoms with Gasteiger partial charge < -0.3 is 23.4 Å². The first-order chi connectivity index (χ1) is 17.8. The van der Waals surface area contributed by atoms with Crippen LogP contribution >= 0.6 is 0 Å². The normalized spacial score (nSPS) is 23.7. The summed E-state index contributed by atoms with van der Waals surface area (Å²) in [5, 5.41) is 11.4. The molecule has 0 aromatic rings. The Morgan fingerprint density at radius 2 is 1.51 bits per heavy atom. The number of ether oxygens (including phenoxy) is 2. The zero-order chi connectivity index (χ0) is 29.7. The van der Waals surface area contributed by atoms with E-state index in [2.05, 4.69) is 93.4 Å². The van der Waals surface area contributed by atoms with Crippen LogP contribution in [0.25, 0.3) is 0 Å². The molecule has 2 aliphatic rings. The highest BCUT2D eigenvalue weighted by Gasteiger charge is 2.42. The van der Waals surface area contributed by atoms with E-state index in [9.17, 15) is 5.11 Å². The standard InChI is InChI=1S/C32H62O5Si2/c1-25(18-21-35-38(9,10)30(3,4)5)22-28(37-39(11,12)31(6,7)8)23-26(2)29(33)17-16-27-24-34-32(36-27)19-14-13-15-20-32/h25-29,33H,13-15,18-24H2,1-12H3/t25-,26-,27+,28-,29-/m0/s1. The smallest absolute Gasteiger partial charge is 0.192 e. The van der Waals surface area contributed by atoms with Gasteiger partial charge >= 0.3 is 0 Å². The molecule has 39 heavy (non-hydrogen) atoms. The molecule has 1 aliphatic heterocycles. The maximum absolute atomic E-state index is 11.0. The van der Waals surface area contributed by atoms with Gasteiger partial charge in [-0.3, -0.25) is 0 Å². The van der Waals surface area contributed by atoms with Crippen molar-refractivity contribution in [2.24, 2.45) is 11.8 Å². The fourth-order valence-corrected chi connectivity index (χ4v) is 7.37. The van der Waals surface area contributed by atoms with Crippen molar-refractivity contribution >= 4 is 16.6 Å². The lowest BCUT2D eigenvalue weighted by Crippen LogP contribution is -2.45. The molecule has 1 saturated heterocycles. The Kier molecular flexibility index (Phi) is 12.4. The van der Waals surface area contributed by atoms with E-state index < -0.39 is 28.5 Å². The van der Waals surface area contributed by atoms with Crippen LogP contribution in [0.15, 0.2) is 0 Å². The fraction of sp³-hybridized carbons (Fsp3) is 0.938. The van der Waals surface area contributed by atoms with E-state index in [1.165, 1.54) is 6.42 Å². The van der Waals surface area contributed by atoms with Crippen molar-refractivity contribution in [3.05, 3.63) is 0 Å². The number of hydrogen-bond donors (Lipinski definition) is 1. The third-order valence-electron chi connectivity index (χ3n) is 9.85. The molecule has 1 N–H and O–H groups in total. The number of aliphatic hydroxyl groups excluding tert-OH is 1. The van der Waals surface area contributed by atoms with Gasteiger partial charge in [0, 0.05) is 25.6 Å². The predicted molar refractivity (Wildman–Crippen MR) is 168 cm³/mol. The van der Waals surface area contributed by atoms with Gasteiger partial charge in [0.05, 0.1) is 6.61 Å². The van der Waals surface area contributed by atoms with Gasteiger partial charge in [0.25, 0.3) is 0 Å². The van der Waals surface area contributed by atoms with Gasteiger partial charge in [0.1, 0.15) is 12.2 Å². The van der Waals surface area contributed by atoms with Gasteiger partial charge in [0.2, 0.25) is 0 Å². The zero-order valence-electron chi connectivity index (χ0n) is 27.5. The minimum absolute atomic E-state index is 0.00825. The monoisotopic (exact) mass is 582 g/mol. The molecule has 5 nitrogen and oxygen atoms in total. The van der Waals surface area contributed by atoms with Crippen molar-refractivity contribution in [1.29, 1.82) is 0 Å². The van der Waals surface area contributed by atoms with E-state index in [1.807, 2.05) is 0 Å². The highest BCUT2D eigenvalue weighted by atomic mass is 28.4. The fourth-order valence-electron chi connectivity index (χ4n) is 4.93. The maximum atomic E-state index is 11.0. The van der Waals surface area contributed by atoms with Gasteiger partial charge in [-0.2, -0.15) is 0 Å². The third kappa shape index (κ3) is 10.5. The molecule has 1 saturated carbocycles. The summed E-state index contributed by atoms with van der Waals surface area (Å²) in [4.78, 5) is 0. The predicted octanol–water partition coefficient (Wildman–Crippen LogP) is 8.28. The first-order valence-corrected chi connectivity index (χ1v) is 21.4. The molecule has 7 heteroatoms. The van der Waals surface area contributed by atoms with E-state index in [0.29, 0.717) is 12.5 Å². The van der Waals surface area contributed by atoms with E-state index in [1.54, 1.807) is 0 Å². The van der Waals surface area contributed by atoms with Gasteiger partial charge in [-0.25, -0.2) is 0 Å². The summed E-state index contributed by atoms with van der Waals surface area (Å²) in [5.41, 5.74) is 0. The van der Waals surface area contributed by atoms with E-state index in [0.717, 1.165) is 51.6 Å². The molecule has 0 aromatic carbocycles. The zero-order valence-corrected chi connectivity index (χ0v) is 29.5. The summed E-state index contributed by atoms with van der Waals surface area (Å²) >= 11 is 0. The lowest BCUT2D eigenvalue weighted by Gasteiger charge is -2.41. The average molecular weight is 583 g/mol. The minimum Gasteiger partial charge on any atom is -0.417 e. The number of rotatable bonds is 11. The SMILES string of the molecule is C[C@@H](CCO[Si](C)(C)C(C)(C)C)C[C@@H](C[C@H](C)[C@@H](O)C#C[C@@H]1COC2(CCCCC2)O1)O[Si](C)(C)C(C)(C)C. The Balaban J connectivity index is 1.99. The summed E-state index contributed by atoms with van der Waals surface area (Å²) < 4.78 is 25.6. The Hall–Kier alpha value is -0.206. The Labute approximate surface area is 243 Å². The maximum Gasteiger partial charge on any atom is 0.192 e. The molecular weight excluding hydrogens is 521 g/mol. The van der Waals surface area contributed by atoms with Crippen molar-refractivity contribution in [1.82, 2.24) is 0 Å². The van der Waals surface area contributed by atoms with Crippen LogP contribution < -0.4 is 0 Å². The quantitative estimate of drug-likeness (QED) is 0.196. The van der Waals surface area contributed by atoms with Crippen LogP contribution in [0, 0.1) is 23.7 Å². The molecule has 1 spiro atoms. The topological polar surface area (TPSA) is 57.2 Å². The molecule has 1 heterocycles. The van der Waals surface area contributed by atoms with Crippen LogP contribution in [0.1, 0.15) is 107 Å². The van der Waals surface area contributed by atoms with Gasteiger partial charge in [-0.1, -0.05) is 73.7 Å². The molecule has 1 aliphatic carbocycles. The van der Waals surface area contributed by atoms with E-state index in [4.69, 9.17) is 18.3 Å². The van der Waals surface area contributed by atoms with E-state index >= 15 is 0 Å². The van der Waals surface area contributed by atoms with Crippen LogP contribution in [-0.4, -0.2) is 59.1 Å². The lowest BCUT2D eigenvalue weighted by atomic mass is 9.91. The molecular formula is C32H62O5Si2. The summed E-state index contributed by atoms with van der Waals surface area (Å²) in [5.74, 6) is 6.35. The molecule has 5 atom stereocenters. The highest BCUT2D eigenvalue weighted by Crippen LogP contribution is 2.40. The molecule has 0 bridgehead atoms.